The molecule has 1 aliphatic carbocycles. The van der Waals surface area contributed by atoms with Gasteiger partial charge in [0.15, 0.2) is 0 Å². The van der Waals surface area contributed by atoms with Gasteiger partial charge in [-0.1, -0.05) is 62.4 Å². The van der Waals surface area contributed by atoms with Crippen LogP contribution in [0.5, 0.6) is 0 Å². The quantitative estimate of drug-likeness (QED) is 0.395. The summed E-state index contributed by atoms with van der Waals surface area (Å²) in [5, 5.41) is 11.8. The summed E-state index contributed by atoms with van der Waals surface area (Å²) < 4.78 is 10.3. The van der Waals surface area contributed by atoms with Gasteiger partial charge in [0.2, 0.25) is 12.0 Å². The van der Waals surface area contributed by atoms with Crippen LogP contribution in [-0.4, -0.2) is 56.0 Å². The van der Waals surface area contributed by atoms with Gasteiger partial charge in [-0.05, 0) is 34.1 Å². The number of alkyl carbamates (subject to hydrolysis) is 1. The van der Waals surface area contributed by atoms with Crippen LogP contribution >= 0.6 is 0 Å². The summed E-state index contributed by atoms with van der Waals surface area (Å²) in [4.78, 5) is 40.7. The lowest BCUT2D eigenvalue weighted by molar-refractivity contribution is -0.165. The molecule has 0 saturated carbocycles. The number of benzene rings is 2. The van der Waals surface area contributed by atoms with E-state index in [1.807, 2.05) is 38.1 Å². The number of carboxylic acid groups (broad SMARTS) is 1. The third-order valence-electron chi connectivity index (χ3n) is 6.15. The van der Waals surface area contributed by atoms with Crippen LogP contribution in [0.1, 0.15) is 37.3 Å². The van der Waals surface area contributed by atoms with Gasteiger partial charge >= 0.3 is 12.1 Å². The summed E-state index contributed by atoms with van der Waals surface area (Å²) in [6.07, 6.45) is -1.82. The smallest absolute Gasteiger partial charge is 0.407 e. The maximum Gasteiger partial charge on any atom is 0.407 e. The van der Waals surface area contributed by atoms with E-state index >= 15 is 0 Å². The fraction of sp³-hybridized carbons (Fsp3) is 0.423. The molecule has 9 heteroatoms. The standard InChI is InChI=1S/C26H32N2O7/c1-16(2)17(12-24(29)28-35-23(15-33-3)25(30)31)13-27-26(32)34-14-22-20-10-6-4-8-18(20)19-9-5-7-11-21(19)22/h4-11,16-17,22-23H,12-15H2,1-3H3,(H,27,32)(H,28,29)(H,30,31). The minimum atomic E-state index is -1.31. The number of carbonyl (C=O) groups excluding carboxylic acids is 2. The first kappa shape index (κ1) is 26.2. The molecule has 2 aromatic carbocycles. The number of methoxy groups -OCH3 is 1. The van der Waals surface area contributed by atoms with Gasteiger partial charge in [-0.3, -0.25) is 9.63 Å². The number of hydrogen-bond donors (Lipinski definition) is 3. The molecular formula is C26H32N2O7. The Labute approximate surface area is 204 Å². The summed E-state index contributed by atoms with van der Waals surface area (Å²) in [5.74, 6) is -1.90. The predicted octanol–water partition coefficient (Wildman–Crippen LogP) is 3.33. The summed E-state index contributed by atoms with van der Waals surface area (Å²) >= 11 is 0. The maximum atomic E-state index is 12.5. The van der Waals surface area contributed by atoms with E-state index in [0.29, 0.717) is 0 Å². The average molecular weight is 485 g/mol. The molecule has 9 nitrogen and oxygen atoms in total. The SMILES string of the molecule is COCC(ONC(=O)CC(CNC(=O)OCC1c2ccccc2-c2ccccc21)C(C)C)C(=O)O. The zero-order valence-corrected chi connectivity index (χ0v) is 20.2. The third kappa shape index (κ3) is 6.80. The molecule has 188 valence electrons. The van der Waals surface area contributed by atoms with E-state index in [1.165, 1.54) is 7.11 Å². The maximum absolute atomic E-state index is 12.5. The van der Waals surface area contributed by atoms with Gasteiger partial charge in [0.1, 0.15) is 6.61 Å². The van der Waals surface area contributed by atoms with Gasteiger partial charge in [-0.25, -0.2) is 15.1 Å². The average Bonchev–Trinajstić information content (AvgIpc) is 3.16. The highest BCUT2D eigenvalue weighted by molar-refractivity contribution is 5.79. The number of amides is 2. The van der Waals surface area contributed by atoms with Gasteiger partial charge in [-0.2, -0.15) is 0 Å². The van der Waals surface area contributed by atoms with Crippen LogP contribution in [0, 0.1) is 11.8 Å². The van der Waals surface area contributed by atoms with Crippen molar-refractivity contribution in [2.45, 2.75) is 32.3 Å². The minimum absolute atomic E-state index is 0.0359. The number of carboxylic acids is 1. The Kier molecular flexibility index (Phi) is 9.22. The first-order valence-electron chi connectivity index (χ1n) is 11.6. The Morgan fingerprint density at radius 1 is 1.00 bits per heavy atom. The molecule has 0 heterocycles. The number of aliphatic carboxylic acids is 1. The molecule has 2 amide bonds. The number of nitrogens with one attached hydrogen (secondary N) is 2. The van der Waals surface area contributed by atoms with E-state index in [1.54, 1.807) is 0 Å². The summed E-state index contributed by atoms with van der Waals surface area (Å²) in [6, 6.07) is 16.2. The van der Waals surface area contributed by atoms with Crippen LogP contribution in [0.2, 0.25) is 0 Å². The Morgan fingerprint density at radius 3 is 2.14 bits per heavy atom. The number of ether oxygens (including phenoxy) is 2. The van der Waals surface area contributed by atoms with E-state index < -0.39 is 24.1 Å². The first-order valence-corrected chi connectivity index (χ1v) is 11.6. The van der Waals surface area contributed by atoms with E-state index in [0.717, 1.165) is 22.3 Å². The first-order chi connectivity index (χ1) is 16.8. The highest BCUT2D eigenvalue weighted by atomic mass is 16.7. The molecule has 0 aliphatic heterocycles. The second-order valence-electron chi connectivity index (χ2n) is 8.84. The number of rotatable bonds is 12. The van der Waals surface area contributed by atoms with Crippen molar-refractivity contribution in [3.8, 4) is 11.1 Å². The molecule has 3 rings (SSSR count). The van der Waals surface area contributed by atoms with Crippen molar-refractivity contribution in [1.29, 1.82) is 0 Å². The van der Waals surface area contributed by atoms with E-state index in [2.05, 4.69) is 35.1 Å². The van der Waals surface area contributed by atoms with Crippen molar-refractivity contribution < 1.29 is 33.8 Å². The number of carbonyl (C=O) groups is 3. The van der Waals surface area contributed by atoms with Gasteiger partial charge in [-0.15, -0.1) is 0 Å². The molecule has 0 bridgehead atoms. The van der Waals surface area contributed by atoms with Gasteiger partial charge in [0, 0.05) is 26.0 Å². The van der Waals surface area contributed by atoms with Crippen molar-refractivity contribution in [2.75, 3.05) is 26.9 Å². The molecule has 0 saturated heterocycles. The fourth-order valence-corrected chi connectivity index (χ4v) is 4.13. The Balaban J connectivity index is 1.50. The lowest BCUT2D eigenvalue weighted by atomic mass is 9.92. The summed E-state index contributed by atoms with van der Waals surface area (Å²) in [6.45, 7) is 4.09. The molecule has 2 unspecified atom stereocenters. The van der Waals surface area contributed by atoms with Crippen LogP contribution in [0.3, 0.4) is 0 Å². The number of hydrogen-bond acceptors (Lipinski definition) is 6. The molecule has 0 fully saturated rings. The molecule has 2 atom stereocenters. The summed E-state index contributed by atoms with van der Waals surface area (Å²) in [7, 11) is 1.34. The highest BCUT2D eigenvalue weighted by Gasteiger charge is 2.29. The van der Waals surface area contributed by atoms with E-state index in [9.17, 15) is 14.4 Å². The number of hydroxylamine groups is 1. The monoisotopic (exact) mass is 484 g/mol. The Bertz CT molecular complexity index is 994. The minimum Gasteiger partial charge on any atom is -0.479 e. The van der Waals surface area contributed by atoms with Crippen LogP contribution in [-0.2, 0) is 23.9 Å². The van der Waals surface area contributed by atoms with Gasteiger partial charge in [0.25, 0.3) is 0 Å². The molecule has 1 aliphatic rings. The van der Waals surface area contributed by atoms with Crippen LogP contribution < -0.4 is 10.8 Å². The van der Waals surface area contributed by atoms with E-state index in [4.69, 9.17) is 19.4 Å². The van der Waals surface area contributed by atoms with Crippen molar-refractivity contribution >= 4 is 18.0 Å². The summed E-state index contributed by atoms with van der Waals surface area (Å²) in [5.41, 5.74) is 6.73. The largest absolute Gasteiger partial charge is 0.479 e. The Hall–Kier alpha value is -3.43. The number of fused-ring (bicyclic) bond motifs is 3. The molecule has 0 radical (unpaired) electrons. The predicted molar refractivity (Wildman–Crippen MR) is 129 cm³/mol. The van der Waals surface area contributed by atoms with Crippen LogP contribution in [0.4, 0.5) is 4.79 Å². The highest BCUT2D eigenvalue weighted by Crippen LogP contribution is 2.44. The molecule has 0 spiro atoms. The zero-order chi connectivity index (χ0) is 25.4. The third-order valence-corrected chi connectivity index (χ3v) is 6.15. The topological polar surface area (TPSA) is 123 Å². The normalized spacial score (nSPS) is 14.1. The zero-order valence-electron chi connectivity index (χ0n) is 20.2. The van der Waals surface area contributed by atoms with Crippen molar-refractivity contribution in [3.63, 3.8) is 0 Å². The lowest BCUT2D eigenvalue weighted by Crippen LogP contribution is -2.39. The van der Waals surface area contributed by atoms with Gasteiger partial charge < -0.3 is 19.9 Å². The fourth-order valence-electron chi connectivity index (χ4n) is 4.13. The van der Waals surface area contributed by atoms with Crippen molar-refractivity contribution in [1.82, 2.24) is 10.8 Å². The van der Waals surface area contributed by atoms with Crippen molar-refractivity contribution in [2.24, 2.45) is 11.8 Å². The van der Waals surface area contributed by atoms with Gasteiger partial charge in [0.05, 0.1) is 6.61 Å². The molecule has 3 N–H and O–H groups in total. The van der Waals surface area contributed by atoms with Crippen LogP contribution in [0.25, 0.3) is 11.1 Å². The molecular weight excluding hydrogens is 452 g/mol. The lowest BCUT2D eigenvalue weighted by Gasteiger charge is -2.21. The molecule has 35 heavy (non-hydrogen) atoms. The van der Waals surface area contributed by atoms with E-state index in [-0.39, 0.29) is 43.9 Å². The molecule has 0 aromatic heterocycles. The second kappa shape index (κ2) is 12.3. The Morgan fingerprint density at radius 2 is 1.60 bits per heavy atom. The van der Waals surface area contributed by atoms with Crippen LogP contribution in [0.15, 0.2) is 48.5 Å². The second-order valence-corrected chi connectivity index (χ2v) is 8.84. The van der Waals surface area contributed by atoms with Crippen molar-refractivity contribution in [3.05, 3.63) is 59.7 Å². The molecule has 2 aromatic rings.